The van der Waals surface area contributed by atoms with E-state index in [9.17, 15) is 0 Å². The minimum atomic E-state index is 0.583. The second kappa shape index (κ2) is 5.87. The summed E-state index contributed by atoms with van der Waals surface area (Å²) in [7, 11) is 0. The molecule has 0 heterocycles. The fourth-order valence-electron chi connectivity index (χ4n) is 6.18. The Morgan fingerprint density at radius 1 is 0.500 bits per heavy atom. The maximum absolute atomic E-state index is 2.52. The summed E-state index contributed by atoms with van der Waals surface area (Å²) >= 11 is 0. The van der Waals surface area contributed by atoms with Crippen LogP contribution in [0.4, 0.5) is 0 Å². The van der Waals surface area contributed by atoms with Gasteiger partial charge in [0.15, 0.2) is 0 Å². The first-order chi connectivity index (χ1) is 15.9. The molecule has 2 aliphatic rings. The minimum Gasteiger partial charge on any atom is -0.0619 e. The van der Waals surface area contributed by atoms with Crippen molar-refractivity contribution in [3.05, 3.63) is 114 Å². The SMILES string of the molecule is C1=C2CC2c2ccccc2-c2c1c1c3ccccc3c3ccccc3c1c1ccccc21. The largest absolute Gasteiger partial charge is 0.0619 e. The standard InChI is InChI=1S/C32H20/c1-5-13-24-20(9-1)21-10-2-6-14-25(21)32-29-18-19-17-28(19)22-11-3-4-12-23(22)30(29)26-15-7-8-16-27(26)31(24)32/h1-16,18,28H,17H2. The Hall–Kier alpha value is -3.90. The molecular formula is C32H20. The summed E-state index contributed by atoms with van der Waals surface area (Å²) in [5.41, 5.74) is 7.29. The molecule has 2 aliphatic carbocycles. The molecule has 8 rings (SSSR count). The third kappa shape index (κ3) is 2.03. The Morgan fingerprint density at radius 3 is 1.75 bits per heavy atom. The minimum absolute atomic E-state index is 0.583. The van der Waals surface area contributed by atoms with E-state index in [0.29, 0.717) is 5.92 Å². The van der Waals surface area contributed by atoms with Crippen LogP contribution in [0.3, 0.4) is 0 Å². The second-order valence-corrected chi connectivity index (χ2v) is 9.24. The molecule has 0 nitrogen and oxygen atoms in total. The summed E-state index contributed by atoms with van der Waals surface area (Å²) in [5, 5.41) is 10.9. The van der Waals surface area contributed by atoms with E-state index in [1.54, 1.807) is 5.57 Å². The van der Waals surface area contributed by atoms with Crippen molar-refractivity contribution in [2.45, 2.75) is 12.3 Å². The van der Waals surface area contributed by atoms with Crippen molar-refractivity contribution in [3.8, 4) is 11.1 Å². The van der Waals surface area contributed by atoms with Gasteiger partial charge >= 0.3 is 0 Å². The van der Waals surface area contributed by atoms with Gasteiger partial charge in [-0.1, -0.05) is 109 Å². The predicted molar refractivity (Wildman–Crippen MR) is 137 cm³/mol. The van der Waals surface area contributed by atoms with E-state index in [2.05, 4.69) is 103 Å². The van der Waals surface area contributed by atoms with Gasteiger partial charge in [0.1, 0.15) is 0 Å². The molecule has 0 heteroatoms. The van der Waals surface area contributed by atoms with E-state index < -0.39 is 0 Å². The molecule has 1 unspecified atom stereocenters. The maximum atomic E-state index is 2.52. The molecule has 148 valence electrons. The molecule has 0 aromatic heterocycles. The van der Waals surface area contributed by atoms with Crippen molar-refractivity contribution in [1.29, 1.82) is 0 Å². The van der Waals surface area contributed by atoms with Crippen molar-refractivity contribution >= 4 is 49.2 Å². The lowest BCUT2D eigenvalue weighted by molar-refractivity contribution is 1.17. The van der Waals surface area contributed by atoms with Crippen LogP contribution in [0.1, 0.15) is 23.5 Å². The average molecular weight is 405 g/mol. The molecule has 1 atom stereocenters. The van der Waals surface area contributed by atoms with Crippen LogP contribution >= 0.6 is 0 Å². The topological polar surface area (TPSA) is 0 Å². The molecule has 6 aromatic carbocycles. The lowest BCUT2D eigenvalue weighted by Crippen LogP contribution is -1.94. The van der Waals surface area contributed by atoms with Gasteiger partial charge in [-0.3, -0.25) is 0 Å². The summed E-state index contributed by atoms with van der Waals surface area (Å²) in [6, 6.07) is 36.0. The van der Waals surface area contributed by atoms with Gasteiger partial charge in [-0.25, -0.2) is 0 Å². The Labute approximate surface area is 186 Å². The molecule has 1 fully saturated rings. The van der Waals surface area contributed by atoms with Gasteiger partial charge in [0.05, 0.1) is 0 Å². The highest BCUT2D eigenvalue weighted by molar-refractivity contribution is 6.35. The van der Waals surface area contributed by atoms with Crippen LogP contribution in [0.5, 0.6) is 0 Å². The third-order valence-electron chi connectivity index (χ3n) is 7.60. The summed E-state index contributed by atoms with van der Waals surface area (Å²) < 4.78 is 0. The molecule has 0 radical (unpaired) electrons. The van der Waals surface area contributed by atoms with Crippen LogP contribution < -0.4 is 0 Å². The maximum Gasteiger partial charge on any atom is 0.00955 e. The van der Waals surface area contributed by atoms with Crippen LogP contribution in [0, 0.1) is 0 Å². The number of benzene rings is 6. The van der Waals surface area contributed by atoms with Crippen molar-refractivity contribution in [2.24, 2.45) is 0 Å². The first kappa shape index (κ1) is 16.8. The van der Waals surface area contributed by atoms with Gasteiger partial charge in [-0.05, 0) is 71.8 Å². The van der Waals surface area contributed by atoms with Gasteiger partial charge in [-0.2, -0.15) is 0 Å². The van der Waals surface area contributed by atoms with Crippen molar-refractivity contribution in [1.82, 2.24) is 0 Å². The zero-order valence-electron chi connectivity index (χ0n) is 17.6. The number of hydrogen-bond donors (Lipinski definition) is 0. The highest BCUT2D eigenvalue weighted by Crippen LogP contribution is 2.57. The zero-order valence-corrected chi connectivity index (χ0v) is 17.6. The Morgan fingerprint density at radius 2 is 1.03 bits per heavy atom. The van der Waals surface area contributed by atoms with E-state index in [1.807, 2.05) is 0 Å². The van der Waals surface area contributed by atoms with E-state index in [0.717, 1.165) is 0 Å². The molecular weight excluding hydrogens is 384 g/mol. The number of rotatable bonds is 0. The van der Waals surface area contributed by atoms with Crippen LogP contribution in [-0.4, -0.2) is 0 Å². The van der Waals surface area contributed by atoms with Crippen molar-refractivity contribution in [2.75, 3.05) is 0 Å². The predicted octanol–water partition coefficient (Wildman–Crippen LogP) is 8.85. The fourth-order valence-corrected chi connectivity index (χ4v) is 6.18. The first-order valence-electron chi connectivity index (χ1n) is 11.5. The van der Waals surface area contributed by atoms with Crippen LogP contribution in [0.2, 0.25) is 0 Å². The highest BCUT2D eigenvalue weighted by atomic mass is 14.4. The zero-order chi connectivity index (χ0) is 20.8. The number of hydrogen-bond acceptors (Lipinski definition) is 0. The van der Waals surface area contributed by atoms with Crippen molar-refractivity contribution < 1.29 is 0 Å². The molecule has 0 saturated heterocycles. The van der Waals surface area contributed by atoms with Crippen LogP contribution in [0.15, 0.2) is 103 Å². The molecule has 0 spiro atoms. The average Bonchev–Trinajstić information content (AvgIpc) is 3.63. The summed E-state index contributed by atoms with van der Waals surface area (Å²) in [4.78, 5) is 0. The fraction of sp³-hybridized carbons (Fsp3) is 0.0625. The quantitative estimate of drug-likeness (QED) is 0.222. The molecule has 0 N–H and O–H groups in total. The summed E-state index contributed by atoms with van der Waals surface area (Å²) in [6.45, 7) is 0. The van der Waals surface area contributed by atoms with Crippen LogP contribution in [0.25, 0.3) is 60.3 Å². The van der Waals surface area contributed by atoms with E-state index >= 15 is 0 Å². The monoisotopic (exact) mass is 404 g/mol. The Bertz CT molecular complexity index is 1800. The van der Waals surface area contributed by atoms with Gasteiger partial charge in [0.2, 0.25) is 0 Å². The van der Waals surface area contributed by atoms with E-state index in [-0.39, 0.29) is 0 Å². The van der Waals surface area contributed by atoms with Crippen LogP contribution in [-0.2, 0) is 0 Å². The second-order valence-electron chi connectivity index (χ2n) is 9.24. The van der Waals surface area contributed by atoms with Gasteiger partial charge in [0, 0.05) is 5.92 Å². The first-order valence-corrected chi connectivity index (χ1v) is 11.5. The third-order valence-corrected chi connectivity index (χ3v) is 7.60. The number of allylic oxidation sites excluding steroid dienone is 1. The molecule has 1 saturated carbocycles. The number of fused-ring (bicyclic) bond motifs is 15. The molecule has 0 bridgehead atoms. The van der Waals surface area contributed by atoms with E-state index in [1.165, 1.54) is 71.8 Å². The lowest BCUT2D eigenvalue weighted by Gasteiger charge is -2.20. The van der Waals surface area contributed by atoms with Gasteiger partial charge in [-0.15, -0.1) is 0 Å². The molecule has 6 aromatic rings. The normalized spacial score (nSPS) is 16.5. The van der Waals surface area contributed by atoms with Gasteiger partial charge in [0.25, 0.3) is 0 Å². The van der Waals surface area contributed by atoms with Crippen molar-refractivity contribution in [3.63, 3.8) is 0 Å². The van der Waals surface area contributed by atoms with Gasteiger partial charge < -0.3 is 0 Å². The lowest BCUT2D eigenvalue weighted by atomic mass is 9.83. The summed E-state index contributed by atoms with van der Waals surface area (Å²) in [5.74, 6) is 0.583. The molecule has 0 aliphatic heterocycles. The summed E-state index contributed by atoms with van der Waals surface area (Å²) in [6.07, 6.45) is 3.71. The highest BCUT2D eigenvalue weighted by Gasteiger charge is 2.36. The Balaban J connectivity index is 1.77. The Kier molecular flexibility index (Phi) is 3.07. The molecule has 32 heavy (non-hydrogen) atoms. The smallest absolute Gasteiger partial charge is 0.00955 e. The molecule has 0 amide bonds. The van der Waals surface area contributed by atoms with E-state index in [4.69, 9.17) is 0 Å².